The maximum Gasteiger partial charge on any atom is 0.320 e. The van der Waals surface area contributed by atoms with Crippen LogP contribution < -0.4 is 0 Å². The summed E-state index contributed by atoms with van der Waals surface area (Å²) in [4.78, 5) is 31.5. The van der Waals surface area contributed by atoms with Crippen molar-refractivity contribution in [1.29, 1.82) is 5.26 Å². The normalized spacial score (nSPS) is 32.2. The van der Waals surface area contributed by atoms with E-state index in [1.165, 1.54) is 19.3 Å². The van der Waals surface area contributed by atoms with Gasteiger partial charge in [0.25, 0.3) is 0 Å². The van der Waals surface area contributed by atoms with Gasteiger partial charge in [-0.15, -0.1) is 0 Å². The van der Waals surface area contributed by atoms with E-state index in [0.717, 1.165) is 71.2 Å². The zero-order chi connectivity index (χ0) is 21.1. The van der Waals surface area contributed by atoms with Crippen LogP contribution in [0.15, 0.2) is 0 Å². The molecule has 0 aromatic rings. The predicted octanol–water partition coefficient (Wildman–Crippen LogP) is 3.87. The van der Waals surface area contributed by atoms with E-state index < -0.39 is 0 Å². The van der Waals surface area contributed by atoms with Crippen molar-refractivity contribution in [3.63, 3.8) is 0 Å². The van der Waals surface area contributed by atoms with Crippen LogP contribution in [-0.4, -0.2) is 65.4 Å². The molecule has 0 aromatic heterocycles. The molecule has 4 aliphatic rings. The summed E-state index contributed by atoms with van der Waals surface area (Å²) in [5, 5.41) is 9.24. The fourth-order valence-electron chi connectivity index (χ4n) is 6.60. The second kappa shape index (κ2) is 9.58. The third kappa shape index (κ3) is 4.45. The molecule has 0 spiro atoms. The average Bonchev–Trinajstić information content (AvgIpc) is 3.49. The van der Waals surface area contributed by atoms with E-state index in [0.29, 0.717) is 30.1 Å². The largest absolute Gasteiger partial charge is 0.327 e. The molecule has 0 N–H and O–H groups in total. The molecule has 1 aliphatic carbocycles. The number of nitrogens with zero attached hydrogens (tertiary/aromatic N) is 4. The first kappa shape index (κ1) is 21.5. The molecule has 3 amide bonds. The van der Waals surface area contributed by atoms with Crippen molar-refractivity contribution in [1.82, 2.24) is 14.7 Å². The van der Waals surface area contributed by atoms with Gasteiger partial charge in [-0.3, -0.25) is 4.79 Å². The molecule has 2 unspecified atom stereocenters. The smallest absolute Gasteiger partial charge is 0.320 e. The minimum atomic E-state index is -0.202. The van der Waals surface area contributed by atoms with E-state index in [1.54, 1.807) is 4.90 Å². The molecular weight excluding hydrogens is 376 g/mol. The van der Waals surface area contributed by atoms with Gasteiger partial charge >= 0.3 is 6.03 Å². The van der Waals surface area contributed by atoms with Gasteiger partial charge in [-0.05, 0) is 75.0 Å². The maximum absolute atomic E-state index is 12.8. The molecule has 4 fully saturated rings. The Morgan fingerprint density at radius 2 is 1.70 bits per heavy atom. The molecule has 3 heterocycles. The number of hydrogen-bond acceptors (Lipinski definition) is 3. The van der Waals surface area contributed by atoms with Crippen LogP contribution in [0.1, 0.15) is 71.1 Å². The van der Waals surface area contributed by atoms with Gasteiger partial charge in [0.2, 0.25) is 5.91 Å². The van der Waals surface area contributed by atoms with Gasteiger partial charge in [-0.2, -0.15) is 5.26 Å². The number of carbonyl (C=O) groups is 2. The number of fused-ring (bicyclic) bond motifs is 1. The van der Waals surface area contributed by atoms with Gasteiger partial charge in [0.05, 0.1) is 6.07 Å². The summed E-state index contributed by atoms with van der Waals surface area (Å²) in [6.07, 6.45) is 10.4. The molecule has 166 valence electrons. The van der Waals surface area contributed by atoms with E-state index in [1.807, 2.05) is 0 Å². The molecule has 3 aliphatic heterocycles. The third-order valence-electron chi connectivity index (χ3n) is 8.33. The number of amides is 3. The summed E-state index contributed by atoms with van der Waals surface area (Å²) in [6.45, 7) is 6.74. The standard InChI is InChI=1S/C24H38N4O2/c1-2-18(8-9-23(29)28-12-6-7-22(28)15-25)19-13-20-16-27(17-21(20)14-19)24(30)26-10-4-3-5-11-26/h18-22H,2-14,16-17H2,1H3/t18?,19?,20-,21+,22-/m0/s1. The van der Waals surface area contributed by atoms with Crippen molar-refractivity contribution in [3.8, 4) is 6.07 Å². The molecule has 0 radical (unpaired) electrons. The van der Waals surface area contributed by atoms with Crippen LogP contribution >= 0.6 is 0 Å². The lowest BCUT2D eigenvalue weighted by molar-refractivity contribution is -0.131. The Morgan fingerprint density at radius 1 is 1.00 bits per heavy atom. The van der Waals surface area contributed by atoms with Gasteiger partial charge in [-0.1, -0.05) is 13.3 Å². The van der Waals surface area contributed by atoms with Crippen LogP contribution in [0.3, 0.4) is 0 Å². The van der Waals surface area contributed by atoms with Crippen LogP contribution in [0.2, 0.25) is 0 Å². The van der Waals surface area contributed by atoms with Crippen LogP contribution in [-0.2, 0) is 4.79 Å². The van der Waals surface area contributed by atoms with Crippen molar-refractivity contribution in [2.45, 2.75) is 77.2 Å². The fourth-order valence-corrected chi connectivity index (χ4v) is 6.60. The SMILES string of the molecule is CCC(CCC(=O)N1CCC[C@H]1C#N)C1C[C@@H]2CN(C(=O)N3CCCCC3)C[C@@H]2C1. The highest BCUT2D eigenvalue weighted by Gasteiger charge is 2.45. The van der Waals surface area contributed by atoms with Gasteiger partial charge in [0, 0.05) is 39.1 Å². The Hall–Kier alpha value is -1.77. The number of likely N-dealkylation sites (tertiary alicyclic amines) is 3. The van der Waals surface area contributed by atoms with Gasteiger partial charge < -0.3 is 14.7 Å². The Morgan fingerprint density at radius 3 is 2.33 bits per heavy atom. The maximum atomic E-state index is 12.8. The van der Waals surface area contributed by atoms with Crippen molar-refractivity contribution in [3.05, 3.63) is 0 Å². The lowest BCUT2D eigenvalue weighted by Crippen LogP contribution is -2.44. The lowest BCUT2D eigenvalue weighted by Gasteiger charge is -2.32. The molecule has 1 saturated carbocycles. The topological polar surface area (TPSA) is 67.6 Å². The number of rotatable bonds is 5. The summed E-state index contributed by atoms with van der Waals surface area (Å²) in [6, 6.07) is 2.36. The first-order valence-corrected chi connectivity index (χ1v) is 12.3. The number of piperidine rings is 1. The highest BCUT2D eigenvalue weighted by molar-refractivity contribution is 5.77. The van der Waals surface area contributed by atoms with E-state index in [-0.39, 0.29) is 18.0 Å². The quantitative estimate of drug-likeness (QED) is 0.686. The zero-order valence-corrected chi connectivity index (χ0v) is 18.6. The fraction of sp³-hybridized carbons (Fsp3) is 0.875. The second-order valence-corrected chi connectivity index (χ2v) is 10.1. The molecule has 0 bridgehead atoms. The molecule has 30 heavy (non-hydrogen) atoms. The van der Waals surface area contributed by atoms with Crippen LogP contribution in [0.5, 0.6) is 0 Å². The highest BCUT2D eigenvalue weighted by atomic mass is 16.2. The number of carbonyl (C=O) groups excluding carboxylic acids is 2. The van der Waals surface area contributed by atoms with E-state index in [9.17, 15) is 14.9 Å². The van der Waals surface area contributed by atoms with Gasteiger partial charge in [-0.25, -0.2) is 4.79 Å². The minimum absolute atomic E-state index is 0.175. The minimum Gasteiger partial charge on any atom is -0.327 e. The van der Waals surface area contributed by atoms with Crippen molar-refractivity contribution >= 4 is 11.9 Å². The Bertz CT molecular complexity index is 655. The van der Waals surface area contributed by atoms with Crippen molar-refractivity contribution in [2.24, 2.45) is 23.7 Å². The molecule has 5 atom stereocenters. The van der Waals surface area contributed by atoms with Gasteiger partial charge in [0.15, 0.2) is 0 Å². The zero-order valence-electron chi connectivity index (χ0n) is 18.6. The van der Waals surface area contributed by atoms with Crippen molar-refractivity contribution < 1.29 is 9.59 Å². The summed E-state index contributed by atoms with van der Waals surface area (Å²) in [5.74, 6) is 2.75. The van der Waals surface area contributed by atoms with E-state index >= 15 is 0 Å². The first-order chi connectivity index (χ1) is 14.6. The first-order valence-electron chi connectivity index (χ1n) is 12.3. The molecule has 3 saturated heterocycles. The Balaban J connectivity index is 1.24. The van der Waals surface area contributed by atoms with Crippen LogP contribution in [0.25, 0.3) is 0 Å². The number of urea groups is 1. The number of hydrogen-bond donors (Lipinski definition) is 0. The van der Waals surface area contributed by atoms with Crippen molar-refractivity contribution in [2.75, 3.05) is 32.7 Å². The second-order valence-electron chi connectivity index (χ2n) is 10.1. The third-order valence-corrected chi connectivity index (χ3v) is 8.33. The van der Waals surface area contributed by atoms with E-state index in [2.05, 4.69) is 22.8 Å². The molecule has 6 nitrogen and oxygen atoms in total. The lowest BCUT2D eigenvalue weighted by atomic mass is 9.84. The molecule has 0 aromatic carbocycles. The van der Waals surface area contributed by atoms with Gasteiger partial charge in [0.1, 0.15) is 6.04 Å². The highest BCUT2D eigenvalue weighted by Crippen LogP contribution is 2.46. The average molecular weight is 415 g/mol. The van der Waals surface area contributed by atoms with Crippen LogP contribution in [0.4, 0.5) is 4.79 Å². The molecule has 4 rings (SSSR count). The number of nitriles is 1. The summed E-state index contributed by atoms with van der Waals surface area (Å²) in [7, 11) is 0. The van der Waals surface area contributed by atoms with E-state index in [4.69, 9.17) is 0 Å². The Labute approximate surface area is 181 Å². The predicted molar refractivity (Wildman–Crippen MR) is 115 cm³/mol. The van der Waals surface area contributed by atoms with Crippen LogP contribution in [0, 0.1) is 35.0 Å². The molecular formula is C24H38N4O2. The summed E-state index contributed by atoms with van der Waals surface area (Å²) < 4.78 is 0. The summed E-state index contributed by atoms with van der Waals surface area (Å²) in [5.41, 5.74) is 0. The molecule has 6 heteroatoms. The Kier molecular flexibility index (Phi) is 6.85. The monoisotopic (exact) mass is 414 g/mol. The summed E-state index contributed by atoms with van der Waals surface area (Å²) >= 11 is 0.